The Morgan fingerprint density at radius 1 is 1.20 bits per heavy atom. The fourth-order valence-corrected chi connectivity index (χ4v) is 5.88. The Hall–Kier alpha value is -2.23. The monoisotopic (exact) mass is 497 g/mol. The first-order valence-electron chi connectivity index (χ1n) is 12.5. The van der Waals surface area contributed by atoms with E-state index in [1.54, 1.807) is 10.6 Å². The van der Waals surface area contributed by atoms with Crippen molar-refractivity contribution in [3.05, 3.63) is 57.7 Å². The number of hydrogen-bond donors (Lipinski definition) is 2. The molecule has 6 rings (SSSR count). The zero-order valence-electron chi connectivity index (χ0n) is 20.0. The molecule has 2 aromatic heterocycles. The fraction of sp³-hybridized carbons (Fsp3) is 0.538. The standard InChI is InChI=1S/C26H32ClN5O3/c1-30-11-9-25(34,10-12-30)16-31-17-29-23-20(24(31)33)13-22(27)32(23)19-5-3-18(4-6-19)21-14-35-26(15-28-21)7-2-8-26/h3-6,13,17,21,28,34H,2,7-12,14-16H2,1H3. The van der Waals surface area contributed by atoms with Gasteiger partial charge in [-0.25, -0.2) is 4.98 Å². The summed E-state index contributed by atoms with van der Waals surface area (Å²) < 4.78 is 9.49. The molecule has 35 heavy (non-hydrogen) atoms. The van der Waals surface area contributed by atoms with Gasteiger partial charge in [-0.05, 0) is 62.9 Å². The van der Waals surface area contributed by atoms with Crippen molar-refractivity contribution in [1.82, 2.24) is 24.3 Å². The maximum Gasteiger partial charge on any atom is 0.262 e. The molecule has 0 radical (unpaired) electrons. The normalized spacial score (nSPS) is 24.0. The third kappa shape index (κ3) is 4.21. The Bertz CT molecular complexity index is 1280. The van der Waals surface area contributed by atoms with E-state index in [1.807, 2.05) is 19.2 Å². The van der Waals surface area contributed by atoms with E-state index in [9.17, 15) is 9.90 Å². The second-order valence-corrected chi connectivity index (χ2v) is 11.0. The molecule has 3 fully saturated rings. The van der Waals surface area contributed by atoms with E-state index in [2.05, 4.69) is 27.3 Å². The number of halogens is 1. The van der Waals surface area contributed by atoms with Crippen molar-refractivity contribution in [1.29, 1.82) is 0 Å². The zero-order chi connectivity index (χ0) is 24.2. The molecule has 0 bridgehead atoms. The lowest BCUT2D eigenvalue weighted by atomic mass is 9.78. The van der Waals surface area contributed by atoms with Crippen molar-refractivity contribution in [3.63, 3.8) is 0 Å². The van der Waals surface area contributed by atoms with E-state index in [1.165, 1.54) is 17.3 Å². The van der Waals surface area contributed by atoms with Crippen LogP contribution in [0.4, 0.5) is 0 Å². The summed E-state index contributed by atoms with van der Waals surface area (Å²) in [6.45, 7) is 3.43. The lowest BCUT2D eigenvalue weighted by molar-refractivity contribution is -0.130. The number of hydrogen-bond acceptors (Lipinski definition) is 6. The zero-order valence-corrected chi connectivity index (χ0v) is 20.8. The molecule has 186 valence electrons. The van der Waals surface area contributed by atoms with Gasteiger partial charge in [0.25, 0.3) is 5.56 Å². The number of nitrogens with zero attached hydrogens (tertiary/aromatic N) is 4. The van der Waals surface area contributed by atoms with Crippen molar-refractivity contribution in [2.45, 2.75) is 55.9 Å². The molecule has 2 N–H and O–H groups in total. The molecule has 8 nitrogen and oxygen atoms in total. The minimum absolute atomic E-state index is 0.0651. The van der Waals surface area contributed by atoms with Crippen LogP contribution in [0, 0.1) is 0 Å². The Kier molecular flexibility index (Phi) is 5.77. The van der Waals surface area contributed by atoms with Crippen LogP contribution >= 0.6 is 11.6 Å². The minimum Gasteiger partial charge on any atom is -0.388 e. The quantitative estimate of drug-likeness (QED) is 0.576. The first-order chi connectivity index (χ1) is 16.8. The number of nitrogens with one attached hydrogen (secondary N) is 1. The maximum atomic E-state index is 13.3. The van der Waals surface area contributed by atoms with Gasteiger partial charge in [0, 0.05) is 25.3 Å². The second-order valence-electron chi connectivity index (χ2n) is 10.6. The number of likely N-dealkylation sites (tertiary alicyclic amines) is 1. The average Bonchev–Trinajstić information content (AvgIpc) is 3.19. The van der Waals surface area contributed by atoms with Crippen molar-refractivity contribution < 1.29 is 9.84 Å². The summed E-state index contributed by atoms with van der Waals surface area (Å²) >= 11 is 6.59. The highest BCUT2D eigenvalue weighted by Gasteiger charge is 2.41. The minimum atomic E-state index is -0.900. The molecule has 4 heterocycles. The van der Waals surface area contributed by atoms with Crippen LogP contribution in [-0.2, 0) is 11.3 Å². The molecule has 9 heteroatoms. The average molecular weight is 498 g/mol. The van der Waals surface area contributed by atoms with Gasteiger partial charge in [0.15, 0.2) is 5.65 Å². The molecule has 2 aliphatic heterocycles. The Morgan fingerprint density at radius 3 is 2.57 bits per heavy atom. The third-order valence-corrected chi connectivity index (χ3v) is 8.45. The largest absolute Gasteiger partial charge is 0.388 e. The lowest BCUT2D eigenvalue weighted by Crippen LogP contribution is -2.54. The highest BCUT2D eigenvalue weighted by molar-refractivity contribution is 6.31. The van der Waals surface area contributed by atoms with Crippen LogP contribution in [0.3, 0.4) is 0 Å². The molecule has 1 spiro atoms. The van der Waals surface area contributed by atoms with Crippen molar-refractivity contribution in [2.75, 3.05) is 33.3 Å². The van der Waals surface area contributed by atoms with Crippen LogP contribution in [0.15, 0.2) is 41.5 Å². The summed E-state index contributed by atoms with van der Waals surface area (Å²) in [4.78, 5) is 20.0. The summed E-state index contributed by atoms with van der Waals surface area (Å²) in [5, 5.41) is 15.5. The van der Waals surface area contributed by atoms with Crippen LogP contribution in [0.1, 0.15) is 43.7 Å². The summed E-state index contributed by atoms with van der Waals surface area (Å²) in [7, 11) is 2.04. The van der Waals surface area contributed by atoms with Crippen molar-refractivity contribution in [3.8, 4) is 5.69 Å². The number of aromatic nitrogens is 3. The fourth-order valence-electron chi connectivity index (χ4n) is 5.60. The van der Waals surface area contributed by atoms with Crippen LogP contribution in [0.5, 0.6) is 0 Å². The maximum absolute atomic E-state index is 13.3. The summed E-state index contributed by atoms with van der Waals surface area (Å²) in [5.41, 5.74) is 1.51. The van der Waals surface area contributed by atoms with E-state index in [4.69, 9.17) is 16.3 Å². The summed E-state index contributed by atoms with van der Waals surface area (Å²) in [6.07, 6.45) is 6.34. The Balaban J connectivity index is 1.24. The van der Waals surface area contributed by atoms with E-state index < -0.39 is 5.60 Å². The molecule has 1 aliphatic carbocycles. The molecule has 2 saturated heterocycles. The first-order valence-corrected chi connectivity index (χ1v) is 12.9. The van der Waals surface area contributed by atoms with Gasteiger partial charge >= 0.3 is 0 Å². The number of ether oxygens (including phenoxy) is 1. The number of morpholine rings is 1. The van der Waals surface area contributed by atoms with E-state index >= 15 is 0 Å². The lowest BCUT2D eigenvalue weighted by Gasteiger charge is -2.47. The van der Waals surface area contributed by atoms with Gasteiger partial charge in [-0.2, -0.15) is 0 Å². The number of fused-ring (bicyclic) bond motifs is 1. The molecule has 1 unspecified atom stereocenters. The number of aliphatic hydroxyl groups is 1. The predicted octanol–water partition coefficient (Wildman–Crippen LogP) is 2.88. The highest BCUT2D eigenvalue weighted by atomic mass is 35.5. The number of rotatable bonds is 4. The van der Waals surface area contributed by atoms with Gasteiger partial charge in [0.05, 0.1) is 35.8 Å². The highest BCUT2D eigenvalue weighted by Crippen LogP contribution is 2.38. The van der Waals surface area contributed by atoms with Gasteiger partial charge < -0.3 is 20.1 Å². The van der Waals surface area contributed by atoms with Crippen LogP contribution in [0.25, 0.3) is 16.7 Å². The second kappa shape index (κ2) is 8.71. The van der Waals surface area contributed by atoms with Crippen molar-refractivity contribution >= 4 is 22.6 Å². The molecular formula is C26H32ClN5O3. The first kappa shape index (κ1) is 23.2. The topological polar surface area (TPSA) is 84.6 Å². The van der Waals surface area contributed by atoms with Gasteiger partial charge in [0.2, 0.25) is 0 Å². The molecular weight excluding hydrogens is 466 g/mol. The van der Waals surface area contributed by atoms with Crippen LogP contribution < -0.4 is 10.9 Å². The van der Waals surface area contributed by atoms with E-state index in [-0.39, 0.29) is 23.7 Å². The molecule has 3 aromatic rings. The van der Waals surface area contributed by atoms with Crippen LogP contribution in [0.2, 0.25) is 5.15 Å². The third-order valence-electron chi connectivity index (χ3n) is 8.17. The summed E-state index contributed by atoms with van der Waals surface area (Å²) in [5.74, 6) is 0. The summed E-state index contributed by atoms with van der Waals surface area (Å²) in [6, 6.07) is 10.0. The molecule has 3 aliphatic rings. The van der Waals surface area contributed by atoms with Crippen LogP contribution in [-0.4, -0.2) is 68.6 Å². The van der Waals surface area contributed by atoms with Gasteiger partial charge in [-0.3, -0.25) is 13.9 Å². The van der Waals surface area contributed by atoms with Crippen molar-refractivity contribution in [2.24, 2.45) is 0 Å². The Morgan fingerprint density at radius 2 is 1.94 bits per heavy atom. The Labute approximate surface area is 209 Å². The smallest absolute Gasteiger partial charge is 0.262 e. The molecule has 1 atom stereocenters. The van der Waals surface area contributed by atoms with Gasteiger partial charge in [-0.15, -0.1) is 0 Å². The molecule has 0 amide bonds. The van der Waals surface area contributed by atoms with Gasteiger partial charge in [-0.1, -0.05) is 23.7 Å². The van der Waals surface area contributed by atoms with E-state index in [0.717, 1.165) is 43.7 Å². The molecule has 1 aromatic carbocycles. The molecule has 1 saturated carbocycles. The van der Waals surface area contributed by atoms with Gasteiger partial charge in [0.1, 0.15) is 11.5 Å². The predicted molar refractivity (Wildman–Crippen MR) is 135 cm³/mol. The number of benzene rings is 1. The van der Waals surface area contributed by atoms with E-state index in [0.29, 0.717) is 35.6 Å². The number of piperidine rings is 1. The SMILES string of the molecule is CN1CCC(O)(Cn2cnc3c(cc(Cl)n3-c3ccc(C4COC5(CCC5)CN4)cc3)c2=O)CC1.